The average molecular weight is 408 g/mol. The summed E-state index contributed by atoms with van der Waals surface area (Å²) < 4.78 is 0. The van der Waals surface area contributed by atoms with Gasteiger partial charge in [-0.25, -0.2) is 4.98 Å². The zero-order valence-corrected chi connectivity index (χ0v) is 17.2. The predicted molar refractivity (Wildman–Crippen MR) is 115 cm³/mol. The minimum absolute atomic E-state index is 0.116. The molecule has 1 amide bonds. The number of piperidine rings is 2. The molecule has 2 aromatic heterocycles. The average Bonchev–Trinajstić information content (AvgIpc) is 3.46. The molecular formula is C22H29N7O. The lowest BCUT2D eigenvalue weighted by molar-refractivity contribution is 0.0711. The highest BCUT2D eigenvalue weighted by molar-refractivity contribution is 5.99. The first-order chi connectivity index (χ1) is 14.7. The SMILES string of the molecule is NCc1nc(C2CCN(C(=O)c3ccc4[nH]cc(C5CCNCC5)c4c3)CC2)n[nH]1. The van der Waals surface area contributed by atoms with Crippen molar-refractivity contribution in [2.45, 2.75) is 44.1 Å². The van der Waals surface area contributed by atoms with Gasteiger partial charge in [0.2, 0.25) is 0 Å². The number of nitrogens with two attached hydrogens (primary N) is 1. The zero-order valence-electron chi connectivity index (χ0n) is 17.2. The van der Waals surface area contributed by atoms with E-state index in [4.69, 9.17) is 5.73 Å². The zero-order chi connectivity index (χ0) is 20.5. The summed E-state index contributed by atoms with van der Waals surface area (Å²) in [6, 6.07) is 6.07. The van der Waals surface area contributed by atoms with Crippen LogP contribution in [0.25, 0.3) is 10.9 Å². The standard InChI is InChI=1S/C22H29N7O/c23-12-20-26-21(28-27-20)15-5-9-29(10-6-15)22(30)16-1-2-19-17(11-16)18(13-25-19)14-3-7-24-8-4-14/h1-2,11,13-15,24-25H,3-10,12,23H2,(H,26,27,28). The first kappa shape index (κ1) is 19.3. The fourth-order valence-electron chi connectivity index (χ4n) is 4.85. The van der Waals surface area contributed by atoms with E-state index in [0.29, 0.717) is 18.3 Å². The van der Waals surface area contributed by atoms with Crippen LogP contribution in [0.1, 0.15) is 65.1 Å². The number of aromatic nitrogens is 4. The molecule has 0 radical (unpaired) electrons. The number of hydrogen-bond donors (Lipinski definition) is 4. The van der Waals surface area contributed by atoms with E-state index < -0.39 is 0 Å². The van der Waals surface area contributed by atoms with Gasteiger partial charge in [0.25, 0.3) is 5.91 Å². The summed E-state index contributed by atoms with van der Waals surface area (Å²) in [6.07, 6.45) is 6.17. The Morgan fingerprint density at radius 3 is 2.67 bits per heavy atom. The summed E-state index contributed by atoms with van der Waals surface area (Å²) >= 11 is 0. The Balaban J connectivity index is 1.30. The number of carbonyl (C=O) groups excluding carboxylic acids is 1. The number of hydrogen-bond acceptors (Lipinski definition) is 5. The molecule has 0 saturated carbocycles. The second kappa shape index (κ2) is 8.20. The lowest BCUT2D eigenvalue weighted by Crippen LogP contribution is -2.38. The van der Waals surface area contributed by atoms with Gasteiger partial charge in [0, 0.05) is 41.7 Å². The molecule has 30 heavy (non-hydrogen) atoms. The minimum Gasteiger partial charge on any atom is -0.361 e. The normalized spacial score (nSPS) is 18.9. The largest absolute Gasteiger partial charge is 0.361 e. The van der Waals surface area contributed by atoms with Crippen molar-refractivity contribution in [2.24, 2.45) is 5.73 Å². The smallest absolute Gasteiger partial charge is 0.253 e. The first-order valence-electron chi connectivity index (χ1n) is 10.9. The van der Waals surface area contributed by atoms with Crippen molar-refractivity contribution in [3.8, 4) is 0 Å². The summed E-state index contributed by atoms with van der Waals surface area (Å²) in [5, 5.41) is 11.8. The summed E-state index contributed by atoms with van der Waals surface area (Å²) in [7, 11) is 0. The molecule has 8 heteroatoms. The van der Waals surface area contributed by atoms with Crippen LogP contribution in [-0.2, 0) is 6.54 Å². The van der Waals surface area contributed by atoms with Gasteiger partial charge in [-0.3, -0.25) is 9.89 Å². The molecule has 4 heterocycles. The van der Waals surface area contributed by atoms with E-state index in [-0.39, 0.29) is 11.8 Å². The van der Waals surface area contributed by atoms with Crippen molar-refractivity contribution in [2.75, 3.05) is 26.2 Å². The van der Waals surface area contributed by atoms with Gasteiger partial charge in [-0.15, -0.1) is 0 Å². The summed E-state index contributed by atoms with van der Waals surface area (Å²) in [6.45, 7) is 3.93. The number of rotatable bonds is 4. The van der Waals surface area contributed by atoms with Crippen LogP contribution in [0.4, 0.5) is 0 Å². The van der Waals surface area contributed by atoms with Crippen molar-refractivity contribution in [3.05, 3.63) is 47.2 Å². The van der Waals surface area contributed by atoms with Crippen molar-refractivity contribution in [3.63, 3.8) is 0 Å². The molecule has 8 nitrogen and oxygen atoms in total. The second-order valence-electron chi connectivity index (χ2n) is 8.44. The number of nitrogens with one attached hydrogen (secondary N) is 3. The molecule has 0 atom stereocenters. The molecular weight excluding hydrogens is 378 g/mol. The number of amides is 1. The highest BCUT2D eigenvalue weighted by Gasteiger charge is 2.27. The van der Waals surface area contributed by atoms with Crippen LogP contribution in [0.5, 0.6) is 0 Å². The molecule has 2 aliphatic rings. The molecule has 1 aromatic carbocycles. The first-order valence-corrected chi connectivity index (χ1v) is 10.9. The third kappa shape index (κ3) is 3.61. The molecule has 0 bridgehead atoms. The van der Waals surface area contributed by atoms with Gasteiger partial charge < -0.3 is 20.9 Å². The van der Waals surface area contributed by atoms with E-state index in [0.717, 1.165) is 68.8 Å². The van der Waals surface area contributed by atoms with Gasteiger partial charge in [0.1, 0.15) is 5.82 Å². The topological polar surface area (TPSA) is 116 Å². The fraction of sp³-hybridized carbons (Fsp3) is 0.500. The quantitative estimate of drug-likeness (QED) is 0.529. The number of H-pyrrole nitrogens is 2. The molecule has 5 N–H and O–H groups in total. The summed E-state index contributed by atoms with van der Waals surface area (Å²) in [5.41, 5.74) is 8.85. The Morgan fingerprint density at radius 1 is 1.13 bits per heavy atom. The van der Waals surface area contributed by atoms with Crippen LogP contribution in [0.2, 0.25) is 0 Å². The van der Waals surface area contributed by atoms with Gasteiger partial charge in [-0.05, 0) is 68.5 Å². The molecule has 5 rings (SSSR count). The molecule has 3 aromatic rings. The van der Waals surface area contributed by atoms with E-state index in [2.05, 4.69) is 37.7 Å². The third-order valence-corrected chi connectivity index (χ3v) is 6.63. The molecule has 2 aliphatic heterocycles. The fourth-order valence-corrected chi connectivity index (χ4v) is 4.85. The number of aromatic amines is 2. The van der Waals surface area contributed by atoms with E-state index in [9.17, 15) is 4.79 Å². The number of fused-ring (bicyclic) bond motifs is 1. The molecule has 0 aliphatic carbocycles. The second-order valence-corrected chi connectivity index (χ2v) is 8.44. The molecule has 0 spiro atoms. The van der Waals surface area contributed by atoms with Gasteiger partial charge in [-0.2, -0.15) is 5.10 Å². The Labute approximate surface area is 175 Å². The van der Waals surface area contributed by atoms with E-state index in [1.807, 2.05) is 17.0 Å². The predicted octanol–water partition coefficient (Wildman–Crippen LogP) is 2.23. The maximum Gasteiger partial charge on any atom is 0.253 e. The Morgan fingerprint density at radius 2 is 1.93 bits per heavy atom. The Hall–Kier alpha value is -2.71. The summed E-state index contributed by atoms with van der Waals surface area (Å²) in [4.78, 5) is 23.0. The lowest BCUT2D eigenvalue weighted by Gasteiger charge is -2.31. The number of nitrogens with zero attached hydrogens (tertiary/aromatic N) is 3. The van der Waals surface area contributed by atoms with Crippen molar-refractivity contribution in [1.29, 1.82) is 0 Å². The van der Waals surface area contributed by atoms with Gasteiger partial charge in [-0.1, -0.05) is 0 Å². The summed E-state index contributed by atoms with van der Waals surface area (Å²) in [5.74, 6) is 2.49. The highest BCUT2D eigenvalue weighted by Crippen LogP contribution is 2.32. The molecule has 0 unspecified atom stereocenters. The Bertz CT molecular complexity index is 1030. The lowest BCUT2D eigenvalue weighted by atomic mass is 9.89. The van der Waals surface area contributed by atoms with Crippen LogP contribution in [0, 0.1) is 0 Å². The van der Waals surface area contributed by atoms with Crippen LogP contribution < -0.4 is 11.1 Å². The highest BCUT2D eigenvalue weighted by atomic mass is 16.2. The number of likely N-dealkylation sites (tertiary alicyclic amines) is 1. The van der Waals surface area contributed by atoms with Crippen molar-refractivity contribution in [1.82, 2.24) is 30.4 Å². The van der Waals surface area contributed by atoms with E-state index in [1.54, 1.807) is 0 Å². The Kier molecular flexibility index (Phi) is 5.26. The van der Waals surface area contributed by atoms with Crippen molar-refractivity contribution >= 4 is 16.8 Å². The minimum atomic E-state index is 0.116. The molecule has 2 fully saturated rings. The van der Waals surface area contributed by atoms with Gasteiger partial charge >= 0.3 is 0 Å². The van der Waals surface area contributed by atoms with Crippen LogP contribution in [0.15, 0.2) is 24.4 Å². The molecule has 158 valence electrons. The molecule has 2 saturated heterocycles. The third-order valence-electron chi connectivity index (χ3n) is 6.63. The van der Waals surface area contributed by atoms with Crippen molar-refractivity contribution < 1.29 is 4.79 Å². The monoisotopic (exact) mass is 407 g/mol. The van der Waals surface area contributed by atoms with Crippen LogP contribution in [-0.4, -0.2) is 57.2 Å². The van der Waals surface area contributed by atoms with Crippen LogP contribution in [0.3, 0.4) is 0 Å². The van der Waals surface area contributed by atoms with E-state index in [1.165, 1.54) is 10.9 Å². The maximum absolute atomic E-state index is 13.2. The van der Waals surface area contributed by atoms with Gasteiger partial charge in [0.05, 0.1) is 6.54 Å². The van der Waals surface area contributed by atoms with E-state index >= 15 is 0 Å². The number of benzene rings is 1. The number of carbonyl (C=O) groups is 1. The van der Waals surface area contributed by atoms with Crippen LogP contribution >= 0.6 is 0 Å². The van der Waals surface area contributed by atoms with Gasteiger partial charge in [0.15, 0.2) is 5.82 Å². The maximum atomic E-state index is 13.2.